The smallest absolute Gasteiger partial charge is 0.748 e. The third kappa shape index (κ3) is 8.78. The fourth-order valence-corrected chi connectivity index (χ4v) is 2.38. The van der Waals surface area contributed by atoms with Crippen LogP contribution in [-0.4, -0.2) is 35.8 Å². The van der Waals surface area contributed by atoms with Crippen molar-refractivity contribution in [1.82, 2.24) is 0 Å². The molecule has 1 unspecified atom stereocenters. The first-order valence-corrected chi connectivity index (χ1v) is 8.52. The molecule has 8 heteroatoms. The SMILES string of the molecule is CS(=O)c1ccc(OCCCCS(=O)(=O)[O-])cc1.[Na+]. The van der Waals surface area contributed by atoms with Gasteiger partial charge in [0.05, 0.1) is 16.7 Å². The minimum Gasteiger partial charge on any atom is -0.748 e. The molecule has 0 spiro atoms. The van der Waals surface area contributed by atoms with Crippen LogP contribution in [0.4, 0.5) is 0 Å². The van der Waals surface area contributed by atoms with E-state index < -0.39 is 20.9 Å². The van der Waals surface area contributed by atoms with Gasteiger partial charge in [-0.05, 0) is 37.1 Å². The molecule has 0 heterocycles. The molecule has 0 fully saturated rings. The van der Waals surface area contributed by atoms with Gasteiger partial charge in [-0.3, -0.25) is 4.21 Å². The van der Waals surface area contributed by atoms with Crippen molar-refractivity contribution in [2.24, 2.45) is 0 Å². The first-order valence-electron chi connectivity index (χ1n) is 5.38. The maximum Gasteiger partial charge on any atom is 1.00 e. The Morgan fingerprint density at radius 1 is 1.21 bits per heavy atom. The van der Waals surface area contributed by atoms with Crippen molar-refractivity contribution in [3.05, 3.63) is 24.3 Å². The summed E-state index contributed by atoms with van der Waals surface area (Å²) in [5.74, 6) is 0.276. The molecule has 0 aliphatic carbocycles. The van der Waals surface area contributed by atoms with Crippen LogP contribution in [0.15, 0.2) is 29.2 Å². The van der Waals surface area contributed by atoms with Crippen LogP contribution >= 0.6 is 0 Å². The second kappa shape index (κ2) is 9.10. The van der Waals surface area contributed by atoms with Crippen LogP contribution in [0.2, 0.25) is 0 Å². The summed E-state index contributed by atoms with van der Waals surface area (Å²) >= 11 is 0. The Kier molecular flexibility index (Phi) is 9.13. The standard InChI is InChI=1S/C11H16O5S2.Na/c1-17(12)11-6-4-10(5-7-11)16-8-2-3-9-18(13,14)15;/h4-7H,2-3,8-9H2,1H3,(H,13,14,15);/q;+1/p-1. The summed E-state index contributed by atoms with van der Waals surface area (Å²) in [7, 11) is -5.14. The van der Waals surface area contributed by atoms with Gasteiger partial charge < -0.3 is 9.29 Å². The molecule has 1 aromatic rings. The molecule has 0 radical (unpaired) electrons. The molecule has 102 valence electrons. The first-order chi connectivity index (χ1) is 8.38. The van der Waals surface area contributed by atoms with Crippen molar-refractivity contribution in [1.29, 1.82) is 0 Å². The largest absolute Gasteiger partial charge is 1.00 e. The Labute approximate surface area is 138 Å². The van der Waals surface area contributed by atoms with Crippen molar-refractivity contribution < 1.29 is 51.5 Å². The van der Waals surface area contributed by atoms with Gasteiger partial charge in [0.2, 0.25) is 0 Å². The number of ether oxygens (including phenoxy) is 1. The van der Waals surface area contributed by atoms with Crippen LogP contribution in [-0.2, 0) is 20.9 Å². The normalized spacial score (nSPS) is 12.5. The van der Waals surface area contributed by atoms with E-state index in [1.54, 1.807) is 30.5 Å². The van der Waals surface area contributed by atoms with Gasteiger partial charge in [0.1, 0.15) is 5.75 Å². The quantitative estimate of drug-likeness (QED) is 0.335. The maximum absolute atomic E-state index is 11.1. The van der Waals surface area contributed by atoms with Gasteiger partial charge in [0, 0.05) is 27.7 Å². The van der Waals surface area contributed by atoms with Gasteiger partial charge in [-0.25, -0.2) is 8.42 Å². The number of unbranched alkanes of at least 4 members (excludes halogenated alkanes) is 1. The van der Waals surface area contributed by atoms with Crippen molar-refractivity contribution in [3.63, 3.8) is 0 Å². The van der Waals surface area contributed by atoms with E-state index >= 15 is 0 Å². The number of hydrogen-bond donors (Lipinski definition) is 0. The molecule has 0 amide bonds. The van der Waals surface area contributed by atoms with E-state index in [-0.39, 0.29) is 35.3 Å². The van der Waals surface area contributed by atoms with Gasteiger partial charge >= 0.3 is 29.6 Å². The molecule has 1 atom stereocenters. The molecular formula is C11H15NaO5S2. The third-order valence-corrected chi connectivity index (χ3v) is 3.94. The summed E-state index contributed by atoms with van der Waals surface area (Å²) in [6.07, 6.45) is 2.39. The van der Waals surface area contributed by atoms with E-state index in [0.29, 0.717) is 25.2 Å². The molecule has 1 rings (SSSR count). The van der Waals surface area contributed by atoms with Crippen LogP contribution in [0.1, 0.15) is 12.8 Å². The van der Waals surface area contributed by atoms with Crippen molar-refractivity contribution in [3.8, 4) is 5.75 Å². The summed E-state index contributed by atoms with van der Waals surface area (Å²) in [4.78, 5) is 0.722. The second-order valence-electron chi connectivity index (χ2n) is 3.74. The molecular weight excluding hydrogens is 299 g/mol. The second-order valence-corrected chi connectivity index (χ2v) is 6.65. The predicted molar refractivity (Wildman–Crippen MR) is 68.1 cm³/mol. The molecule has 0 aromatic heterocycles. The Balaban J connectivity index is 0.00000324. The maximum atomic E-state index is 11.1. The number of benzene rings is 1. The molecule has 0 saturated carbocycles. The van der Waals surface area contributed by atoms with Crippen molar-refractivity contribution >= 4 is 20.9 Å². The van der Waals surface area contributed by atoms with E-state index in [0.717, 1.165) is 4.90 Å². The minimum atomic E-state index is -4.12. The molecule has 0 bridgehead atoms. The molecule has 0 saturated heterocycles. The van der Waals surface area contributed by atoms with Crippen LogP contribution in [0.3, 0.4) is 0 Å². The average Bonchev–Trinajstić information content (AvgIpc) is 2.27. The van der Waals surface area contributed by atoms with Gasteiger partial charge in [-0.15, -0.1) is 0 Å². The van der Waals surface area contributed by atoms with E-state index in [1.165, 1.54) is 0 Å². The Bertz CT molecular complexity index is 498. The molecule has 1 aromatic carbocycles. The minimum absolute atomic E-state index is 0. The van der Waals surface area contributed by atoms with Crippen molar-refractivity contribution in [2.45, 2.75) is 17.7 Å². The van der Waals surface area contributed by atoms with E-state index in [9.17, 15) is 17.2 Å². The van der Waals surface area contributed by atoms with Crippen LogP contribution in [0.5, 0.6) is 5.75 Å². The van der Waals surface area contributed by atoms with Gasteiger partial charge in [0.25, 0.3) is 0 Å². The monoisotopic (exact) mass is 314 g/mol. The first kappa shape index (κ1) is 19.1. The van der Waals surface area contributed by atoms with Gasteiger partial charge in [-0.1, -0.05) is 0 Å². The predicted octanol–water partition coefficient (Wildman–Crippen LogP) is -1.87. The van der Waals surface area contributed by atoms with Gasteiger partial charge in [-0.2, -0.15) is 0 Å². The van der Waals surface area contributed by atoms with Gasteiger partial charge in [0.15, 0.2) is 0 Å². The summed E-state index contributed by atoms with van der Waals surface area (Å²) in [6.45, 7) is 0.351. The Morgan fingerprint density at radius 3 is 2.26 bits per heavy atom. The fraction of sp³-hybridized carbons (Fsp3) is 0.455. The van der Waals surface area contributed by atoms with Crippen molar-refractivity contribution in [2.75, 3.05) is 18.6 Å². The summed E-state index contributed by atoms with van der Waals surface area (Å²) in [6, 6.07) is 6.85. The summed E-state index contributed by atoms with van der Waals surface area (Å²) in [5, 5.41) is 0. The van der Waals surface area contributed by atoms with E-state index in [4.69, 9.17) is 4.74 Å². The van der Waals surface area contributed by atoms with Crippen LogP contribution in [0.25, 0.3) is 0 Å². The summed E-state index contributed by atoms with van der Waals surface area (Å²) in [5.41, 5.74) is 0. The van der Waals surface area contributed by atoms with Crippen LogP contribution in [0, 0.1) is 0 Å². The Morgan fingerprint density at radius 2 is 1.79 bits per heavy atom. The Hall–Kier alpha value is 0.0800. The molecule has 0 N–H and O–H groups in total. The van der Waals surface area contributed by atoms with Crippen LogP contribution < -0.4 is 34.3 Å². The zero-order chi connectivity index (χ0) is 13.6. The number of hydrogen-bond acceptors (Lipinski definition) is 5. The van der Waals surface area contributed by atoms with E-state index in [2.05, 4.69) is 0 Å². The molecule has 0 aliphatic heterocycles. The topological polar surface area (TPSA) is 83.5 Å². The zero-order valence-corrected chi connectivity index (χ0v) is 14.6. The van der Waals surface area contributed by atoms with E-state index in [1.807, 2.05) is 0 Å². The fourth-order valence-electron chi connectivity index (χ4n) is 1.30. The number of rotatable bonds is 7. The third-order valence-electron chi connectivity index (χ3n) is 2.21. The average molecular weight is 314 g/mol. The molecule has 0 aliphatic rings. The summed E-state index contributed by atoms with van der Waals surface area (Å²) < 4.78 is 47.5. The molecule has 19 heavy (non-hydrogen) atoms. The molecule has 5 nitrogen and oxygen atoms in total. The zero-order valence-electron chi connectivity index (χ0n) is 11.0.